The van der Waals surface area contributed by atoms with E-state index >= 15 is 0 Å². The summed E-state index contributed by atoms with van der Waals surface area (Å²) in [6, 6.07) is 15.1. The lowest BCUT2D eigenvalue weighted by molar-refractivity contribution is -0.125. The Morgan fingerprint density at radius 3 is 2.92 bits per heavy atom. The zero-order chi connectivity index (χ0) is 16.9. The van der Waals surface area contributed by atoms with Crippen molar-refractivity contribution in [2.75, 3.05) is 13.7 Å². The second kappa shape index (κ2) is 7.66. The molecule has 126 valence electrons. The smallest absolute Gasteiger partial charge is 0.226 e. The Kier molecular flexibility index (Phi) is 5.35. The van der Waals surface area contributed by atoms with E-state index in [9.17, 15) is 4.79 Å². The third-order valence-electron chi connectivity index (χ3n) is 4.18. The second-order valence-corrected chi connectivity index (χ2v) is 6.10. The van der Waals surface area contributed by atoms with Crippen LogP contribution >= 0.6 is 11.6 Å². The molecule has 24 heavy (non-hydrogen) atoms. The van der Waals surface area contributed by atoms with Gasteiger partial charge in [-0.05, 0) is 29.3 Å². The van der Waals surface area contributed by atoms with Crippen LogP contribution in [0, 0.1) is 5.92 Å². The van der Waals surface area contributed by atoms with Crippen molar-refractivity contribution in [1.82, 2.24) is 16.2 Å². The molecule has 2 unspecified atom stereocenters. The Morgan fingerprint density at radius 1 is 1.29 bits per heavy atom. The predicted octanol–water partition coefficient (Wildman–Crippen LogP) is 2.43. The van der Waals surface area contributed by atoms with Crippen LogP contribution in [0.25, 0.3) is 0 Å². The van der Waals surface area contributed by atoms with E-state index in [-0.39, 0.29) is 17.9 Å². The molecule has 2 aromatic rings. The molecule has 1 heterocycles. The molecule has 0 saturated carbocycles. The molecule has 6 heteroatoms. The monoisotopic (exact) mass is 345 g/mol. The van der Waals surface area contributed by atoms with E-state index < -0.39 is 0 Å². The highest BCUT2D eigenvalue weighted by atomic mass is 35.5. The van der Waals surface area contributed by atoms with E-state index in [1.54, 1.807) is 7.11 Å². The highest BCUT2D eigenvalue weighted by molar-refractivity contribution is 6.31. The fourth-order valence-corrected chi connectivity index (χ4v) is 3.05. The largest absolute Gasteiger partial charge is 0.497 e. The van der Waals surface area contributed by atoms with Gasteiger partial charge in [0.15, 0.2) is 0 Å². The highest BCUT2D eigenvalue weighted by Crippen LogP contribution is 2.27. The van der Waals surface area contributed by atoms with E-state index in [2.05, 4.69) is 16.2 Å². The van der Waals surface area contributed by atoms with Gasteiger partial charge in [-0.3, -0.25) is 10.2 Å². The minimum atomic E-state index is -0.209. The van der Waals surface area contributed by atoms with Gasteiger partial charge >= 0.3 is 0 Å². The van der Waals surface area contributed by atoms with E-state index in [1.165, 1.54) is 0 Å². The molecule has 0 radical (unpaired) electrons. The van der Waals surface area contributed by atoms with Gasteiger partial charge in [0.25, 0.3) is 0 Å². The molecular formula is C18H20ClN3O2. The van der Waals surface area contributed by atoms with E-state index in [4.69, 9.17) is 16.3 Å². The molecule has 1 amide bonds. The molecule has 1 aliphatic heterocycles. The standard InChI is InChI=1S/C18H20ClN3O2/c1-24-14-7-4-6-12(9-14)17-15(11-21-22-17)18(23)20-10-13-5-2-3-8-16(13)19/h2-9,15,17,21-22H,10-11H2,1H3,(H,20,23). The SMILES string of the molecule is COc1cccc(C2NNCC2C(=O)NCc2ccccc2Cl)c1. The number of hydrogen-bond acceptors (Lipinski definition) is 4. The van der Waals surface area contributed by atoms with Crippen LogP contribution in [0.2, 0.25) is 5.02 Å². The number of hydrogen-bond donors (Lipinski definition) is 3. The zero-order valence-electron chi connectivity index (χ0n) is 13.4. The van der Waals surface area contributed by atoms with Crippen molar-refractivity contribution in [1.29, 1.82) is 0 Å². The Balaban J connectivity index is 1.68. The molecule has 3 rings (SSSR count). The lowest BCUT2D eigenvalue weighted by Crippen LogP contribution is -2.34. The van der Waals surface area contributed by atoms with Crippen molar-refractivity contribution in [2.45, 2.75) is 12.6 Å². The summed E-state index contributed by atoms with van der Waals surface area (Å²) in [7, 11) is 1.63. The predicted molar refractivity (Wildman–Crippen MR) is 93.7 cm³/mol. The van der Waals surface area contributed by atoms with Gasteiger partial charge in [0.2, 0.25) is 5.91 Å². The Bertz CT molecular complexity index is 723. The summed E-state index contributed by atoms with van der Waals surface area (Å²) in [6.45, 7) is 0.982. The van der Waals surface area contributed by atoms with Gasteiger partial charge in [0.05, 0.1) is 19.1 Å². The van der Waals surface area contributed by atoms with Crippen LogP contribution in [0.15, 0.2) is 48.5 Å². The first-order valence-corrected chi connectivity index (χ1v) is 8.20. The van der Waals surface area contributed by atoms with Crippen molar-refractivity contribution in [3.05, 3.63) is 64.7 Å². The molecule has 2 atom stereocenters. The van der Waals surface area contributed by atoms with Gasteiger partial charge in [-0.15, -0.1) is 0 Å². The first-order chi connectivity index (χ1) is 11.7. The quantitative estimate of drug-likeness (QED) is 0.779. The topological polar surface area (TPSA) is 62.4 Å². The summed E-state index contributed by atoms with van der Waals surface area (Å²) in [5.41, 5.74) is 8.16. The number of carbonyl (C=O) groups is 1. The number of amides is 1. The molecule has 0 spiro atoms. The molecule has 0 bridgehead atoms. The molecule has 1 saturated heterocycles. The number of nitrogens with one attached hydrogen (secondary N) is 3. The van der Waals surface area contributed by atoms with Gasteiger partial charge in [-0.2, -0.15) is 0 Å². The second-order valence-electron chi connectivity index (χ2n) is 5.70. The van der Waals surface area contributed by atoms with Crippen LogP contribution in [0.1, 0.15) is 17.2 Å². The van der Waals surface area contributed by atoms with E-state index in [1.807, 2.05) is 48.5 Å². The number of ether oxygens (including phenoxy) is 1. The van der Waals surface area contributed by atoms with E-state index in [0.717, 1.165) is 16.9 Å². The molecule has 0 aliphatic carbocycles. The number of methoxy groups -OCH3 is 1. The third kappa shape index (κ3) is 3.70. The first kappa shape index (κ1) is 16.8. The van der Waals surface area contributed by atoms with Gasteiger partial charge in [0.1, 0.15) is 5.75 Å². The number of hydrazine groups is 1. The van der Waals surface area contributed by atoms with Crippen LogP contribution in [0.5, 0.6) is 5.75 Å². The number of halogens is 1. The molecule has 5 nitrogen and oxygen atoms in total. The zero-order valence-corrected chi connectivity index (χ0v) is 14.1. The normalized spacial score (nSPS) is 19.9. The number of benzene rings is 2. The summed E-state index contributed by atoms with van der Waals surface area (Å²) in [5.74, 6) is 0.552. The fourth-order valence-electron chi connectivity index (χ4n) is 2.85. The molecule has 1 fully saturated rings. The highest BCUT2D eigenvalue weighted by Gasteiger charge is 2.34. The van der Waals surface area contributed by atoms with Crippen LogP contribution in [-0.2, 0) is 11.3 Å². The maximum absolute atomic E-state index is 12.6. The third-order valence-corrected chi connectivity index (χ3v) is 4.55. The Hall–Kier alpha value is -2.08. The average molecular weight is 346 g/mol. The summed E-state index contributed by atoms with van der Waals surface area (Å²) >= 11 is 6.14. The van der Waals surface area contributed by atoms with Crippen molar-refractivity contribution in [3.8, 4) is 5.75 Å². The molecule has 2 aromatic carbocycles. The lowest BCUT2D eigenvalue weighted by Gasteiger charge is -2.19. The van der Waals surface area contributed by atoms with Crippen LogP contribution in [-0.4, -0.2) is 19.6 Å². The van der Waals surface area contributed by atoms with Crippen LogP contribution in [0.3, 0.4) is 0 Å². The number of rotatable bonds is 5. The van der Waals surface area contributed by atoms with Gasteiger partial charge in [0, 0.05) is 18.1 Å². The van der Waals surface area contributed by atoms with Gasteiger partial charge < -0.3 is 10.1 Å². The maximum atomic E-state index is 12.6. The van der Waals surface area contributed by atoms with Crippen LogP contribution in [0.4, 0.5) is 0 Å². The molecule has 3 N–H and O–H groups in total. The summed E-state index contributed by atoms with van der Waals surface area (Å²) in [6.07, 6.45) is 0. The van der Waals surface area contributed by atoms with Crippen molar-refractivity contribution in [3.63, 3.8) is 0 Å². The minimum Gasteiger partial charge on any atom is -0.497 e. The van der Waals surface area contributed by atoms with Gasteiger partial charge in [-0.1, -0.05) is 41.9 Å². The van der Waals surface area contributed by atoms with Crippen molar-refractivity contribution < 1.29 is 9.53 Å². The Morgan fingerprint density at radius 2 is 2.12 bits per heavy atom. The first-order valence-electron chi connectivity index (χ1n) is 7.82. The lowest BCUT2D eigenvalue weighted by atomic mass is 9.94. The maximum Gasteiger partial charge on any atom is 0.226 e. The van der Waals surface area contributed by atoms with Crippen LogP contribution < -0.4 is 20.9 Å². The fraction of sp³-hybridized carbons (Fsp3) is 0.278. The van der Waals surface area contributed by atoms with Gasteiger partial charge in [-0.25, -0.2) is 5.43 Å². The Labute approximate surface area is 146 Å². The number of carbonyl (C=O) groups excluding carboxylic acids is 1. The summed E-state index contributed by atoms with van der Waals surface area (Å²) in [4.78, 5) is 12.6. The van der Waals surface area contributed by atoms with Crippen molar-refractivity contribution in [2.24, 2.45) is 5.92 Å². The van der Waals surface area contributed by atoms with E-state index in [0.29, 0.717) is 18.1 Å². The minimum absolute atomic E-state index is 0.0137. The van der Waals surface area contributed by atoms with Crippen molar-refractivity contribution >= 4 is 17.5 Å². The average Bonchev–Trinajstić information content (AvgIpc) is 3.11. The summed E-state index contributed by atoms with van der Waals surface area (Å²) in [5, 5.41) is 3.63. The molecule has 1 aliphatic rings. The molecular weight excluding hydrogens is 326 g/mol. The summed E-state index contributed by atoms with van der Waals surface area (Å²) < 4.78 is 5.27. The molecule has 0 aromatic heterocycles.